The van der Waals surface area contributed by atoms with Gasteiger partial charge in [-0.15, -0.1) is 0 Å². The molecule has 1 N–H and O–H groups in total. The fourth-order valence-corrected chi connectivity index (χ4v) is 0.727. The molecule has 0 aliphatic rings. The van der Waals surface area contributed by atoms with Crippen molar-refractivity contribution in [1.29, 1.82) is 0 Å². The Bertz CT molecular complexity index is 240. The van der Waals surface area contributed by atoms with Crippen LogP contribution in [0.25, 0.3) is 0 Å². The van der Waals surface area contributed by atoms with Gasteiger partial charge in [-0.25, -0.2) is 4.79 Å². The molecule has 0 fully saturated rings. The molecule has 0 aromatic carbocycles. The molecule has 0 aromatic rings. The largest absolute Gasteiger partial charge is 0.478 e. The summed E-state index contributed by atoms with van der Waals surface area (Å²) in [6.45, 7) is 7.86. The first kappa shape index (κ1) is 11.7. The number of hydrogen-bond acceptors (Lipinski definition) is 3. The Labute approximate surface area is 78.6 Å². The van der Waals surface area contributed by atoms with E-state index in [-0.39, 0.29) is 5.57 Å². The van der Waals surface area contributed by atoms with E-state index in [1.54, 1.807) is 11.9 Å². The van der Waals surface area contributed by atoms with Crippen LogP contribution in [0.5, 0.6) is 0 Å². The molecule has 0 bridgehead atoms. The minimum absolute atomic E-state index is 0.284. The number of hydrazone groups is 1. The van der Waals surface area contributed by atoms with Gasteiger partial charge in [0.25, 0.3) is 0 Å². The zero-order chi connectivity index (χ0) is 10.4. The van der Waals surface area contributed by atoms with Gasteiger partial charge in [0, 0.05) is 18.5 Å². The fourth-order valence-electron chi connectivity index (χ4n) is 0.727. The van der Waals surface area contributed by atoms with Crippen molar-refractivity contribution in [3.63, 3.8) is 0 Å². The van der Waals surface area contributed by atoms with Crippen molar-refractivity contribution < 1.29 is 9.90 Å². The van der Waals surface area contributed by atoms with E-state index in [0.717, 1.165) is 5.71 Å². The molecule has 0 aromatic heterocycles. The predicted molar refractivity (Wildman–Crippen MR) is 52.6 cm³/mol. The van der Waals surface area contributed by atoms with Crippen LogP contribution in [-0.2, 0) is 4.79 Å². The van der Waals surface area contributed by atoms with Crippen LogP contribution >= 0.6 is 0 Å². The number of nitrogens with zero attached hydrogens (tertiary/aromatic N) is 2. The molecular weight excluding hydrogens is 168 g/mol. The van der Waals surface area contributed by atoms with E-state index in [9.17, 15) is 4.79 Å². The Morgan fingerprint density at radius 2 is 2.00 bits per heavy atom. The Morgan fingerprint density at radius 3 is 2.31 bits per heavy atom. The first-order valence-corrected chi connectivity index (χ1v) is 4.17. The third kappa shape index (κ3) is 5.00. The molecular formula is C9H16N2O2. The third-order valence-electron chi connectivity index (χ3n) is 1.33. The Hall–Kier alpha value is -1.32. The van der Waals surface area contributed by atoms with Gasteiger partial charge in [0.1, 0.15) is 0 Å². The summed E-state index contributed by atoms with van der Waals surface area (Å²) in [7, 11) is 0. The van der Waals surface area contributed by atoms with Crippen molar-refractivity contribution in [3.8, 4) is 0 Å². The molecule has 0 saturated heterocycles. The van der Waals surface area contributed by atoms with Crippen LogP contribution in [0, 0.1) is 0 Å². The molecule has 0 rings (SSSR count). The van der Waals surface area contributed by atoms with Gasteiger partial charge in [-0.05, 0) is 27.7 Å². The summed E-state index contributed by atoms with van der Waals surface area (Å²) in [5, 5.41) is 14.4. The summed E-state index contributed by atoms with van der Waals surface area (Å²) in [5.41, 5.74) is 1.18. The van der Waals surface area contributed by atoms with Gasteiger partial charge in [-0.3, -0.25) is 5.01 Å². The van der Waals surface area contributed by atoms with E-state index in [1.807, 2.05) is 20.8 Å². The van der Waals surface area contributed by atoms with Crippen molar-refractivity contribution >= 4 is 11.7 Å². The van der Waals surface area contributed by atoms with Gasteiger partial charge >= 0.3 is 5.97 Å². The minimum atomic E-state index is -0.914. The van der Waals surface area contributed by atoms with Crippen LogP contribution in [0.1, 0.15) is 27.7 Å². The number of carboxylic acids is 1. The number of carbonyl (C=O) groups is 1. The molecule has 13 heavy (non-hydrogen) atoms. The second-order valence-electron chi connectivity index (χ2n) is 2.92. The lowest BCUT2D eigenvalue weighted by Crippen LogP contribution is -2.13. The average Bonchev–Trinajstić information content (AvgIpc) is 2.02. The lowest BCUT2D eigenvalue weighted by molar-refractivity contribution is -0.132. The lowest BCUT2D eigenvalue weighted by Gasteiger charge is -2.12. The van der Waals surface area contributed by atoms with Gasteiger partial charge in [0.2, 0.25) is 0 Å². The van der Waals surface area contributed by atoms with E-state index < -0.39 is 5.97 Å². The van der Waals surface area contributed by atoms with Crippen LogP contribution in [0.15, 0.2) is 16.9 Å². The highest BCUT2D eigenvalue weighted by Gasteiger charge is 2.01. The molecule has 4 heteroatoms. The highest BCUT2D eigenvalue weighted by Crippen LogP contribution is 1.99. The van der Waals surface area contributed by atoms with Crippen molar-refractivity contribution in [2.45, 2.75) is 27.7 Å². The third-order valence-corrected chi connectivity index (χ3v) is 1.33. The lowest BCUT2D eigenvalue weighted by atomic mass is 10.3. The van der Waals surface area contributed by atoms with Crippen molar-refractivity contribution in [3.05, 3.63) is 11.8 Å². The van der Waals surface area contributed by atoms with Crippen molar-refractivity contribution in [2.75, 3.05) is 6.54 Å². The molecule has 0 saturated carbocycles. The number of rotatable bonds is 4. The highest BCUT2D eigenvalue weighted by molar-refractivity contribution is 5.85. The smallest absolute Gasteiger partial charge is 0.332 e. The van der Waals surface area contributed by atoms with E-state index in [4.69, 9.17) is 5.11 Å². The quantitative estimate of drug-likeness (QED) is 0.411. The molecule has 0 radical (unpaired) electrons. The molecule has 0 spiro atoms. The normalized spacial score (nSPS) is 10.9. The Balaban J connectivity index is 4.53. The summed E-state index contributed by atoms with van der Waals surface area (Å²) < 4.78 is 0. The zero-order valence-electron chi connectivity index (χ0n) is 8.53. The molecule has 0 aliphatic carbocycles. The zero-order valence-corrected chi connectivity index (χ0v) is 8.53. The molecule has 0 aliphatic heterocycles. The van der Waals surface area contributed by atoms with E-state index in [0.29, 0.717) is 6.54 Å². The molecule has 0 amide bonds. The molecule has 0 atom stereocenters. The van der Waals surface area contributed by atoms with Crippen LogP contribution in [0.2, 0.25) is 0 Å². The van der Waals surface area contributed by atoms with Crippen LogP contribution in [0.4, 0.5) is 0 Å². The van der Waals surface area contributed by atoms with Crippen LogP contribution < -0.4 is 0 Å². The van der Waals surface area contributed by atoms with Crippen molar-refractivity contribution in [1.82, 2.24) is 5.01 Å². The van der Waals surface area contributed by atoms with Crippen LogP contribution in [0.3, 0.4) is 0 Å². The minimum Gasteiger partial charge on any atom is -0.478 e. The van der Waals surface area contributed by atoms with Gasteiger partial charge in [0.05, 0.1) is 5.57 Å². The van der Waals surface area contributed by atoms with Gasteiger partial charge in [-0.2, -0.15) is 5.10 Å². The van der Waals surface area contributed by atoms with E-state index >= 15 is 0 Å². The summed E-state index contributed by atoms with van der Waals surface area (Å²) in [5.74, 6) is -0.914. The van der Waals surface area contributed by atoms with E-state index in [2.05, 4.69) is 5.10 Å². The first-order valence-electron chi connectivity index (χ1n) is 4.17. The highest BCUT2D eigenvalue weighted by atomic mass is 16.4. The maximum absolute atomic E-state index is 10.5. The summed E-state index contributed by atoms with van der Waals surface area (Å²) in [4.78, 5) is 10.5. The fraction of sp³-hybridized carbons (Fsp3) is 0.556. The second-order valence-corrected chi connectivity index (χ2v) is 2.92. The van der Waals surface area contributed by atoms with Gasteiger partial charge in [-0.1, -0.05) is 0 Å². The topological polar surface area (TPSA) is 52.9 Å². The second kappa shape index (κ2) is 5.35. The Kier molecular flexibility index (Phi) is 4.80. The maximum Gasteiger partial charge on any atom is 0.332 e. The van der Waals surface area contributed by atoms with Gasteiger partial charge < -0.3 is 5.11 Å². The van der Waals surface area contributed by atoms with Crippen LogP contribution in [-0.4, -0.2) is 28.3 Å². The summed E-state index contributed by atoms with van der Waals surface area (Å²) in [6.07, 6.45) is 1.52. The molecule has 0 heterocycles. The van der Waals surface area contributed by atoms with Gasteiger partial charge in [0.15, 0.2) is 0 Å². The summed E-state index contributed by atoms with van der Waals surface area (Å²) in [6, 6.07) is 0. The Morgan fingerprint density at radius 1 is 1.46 bits per heavy atom. The molecule has 74 valence electrons. The molecule has 4 nitrogen and oxygen atoms in total. The molecule has 0 unspecified atom stereocenters. The average molecular weight is 184 g/mol. The SMILES string of the molecule is CCN(/C=C(\C)C(=O)O)N=C(C)C. The van der Waals surface area contributed by atoms with E-state index in [1.165, 1.54) is 6.20 Å². The number of aliphatic carboxylic acids is 1. The predicted octanol–water partition coefficient (Wildman–Crippen LogP) is 1.69. The number of hydrogen-bond donors (Lipinski definition) is 1. The first-order chi connectivity index (χ1) is 5.97. The standard InChI is InChI=1S/C9H16N2O2/c1-5-11(10-7(2)3)6-8(4)9(12)13/h6H,5H2,1-4H3,(H,12,13)/b8-6+. The summed E-state index contributed by atoms with van der Waals surface area (Å²) >= 11 is 0. The van der Waals surface area contributed by atoms with Crippen molar-refractivity contribution in [2.24, 2.45) is 5.10 Å². The number of carboxylic acid groups (broad SMARTS) is 1. The monoisotopic (exact) mass is 184 g/mol. The maximum atomic E-state index is 10.5.